The summed E-state index contributed by atoms with van der Waals surface area (Å²) < 4.78 is 33.0. The number of hydrogen-bond acceptors (Lipinski definition) is 6. The van der Waals surface area contributed by atoms with Gasteiger partial charge in [-0.1, -0.05) is 127 Å². The number of carbonyl (C=O) groups is 1. The quantitative estimate of drug-likeness (QED) is 0.116. The van der Waals surface area contributed by atoms with E-state index in [2.05, 4.69) is 0 Å². The minimum Gasteiger partial charge on any atom is -0.497 e. The molecule has 0 heterocycles. The summed E-state index contributed by atoms with van der Waals surface area (Å²) in [6, 6.07) is 66.9. The van der Waals surface area contributed by atoms with E-state index in [0.717, 1.165) is 14.7 Å². The minimum absolute atomic E-state index is 0.213. The van der Waals surface area contributed by atoms with Crippen molar-refractivity contribution in [1.29, 1.82) is 0 Å². The van der Waals surface area contributed by atoms with Crippen LogP contribution in [0.5, 0.6) is 40.2 Å². The molecule has 0 saturated heterocycles. The Morgan fingerprint density at radius 3 is 1.35 bits per heavy atom. The highest BCUT2D eigenvalue weighted by molar-refractivity contribution is 8.30. The molecule has 8 rings (SSSR count). The Kier molecular flexibility index (Phi) is 11.0. The summed E-state index contributed by atoms with van der Waals surface area (Å²) in [4.78, 5) is 18.0. The molecule has 8 aromatic rings. The molecule has 0 bridgehead atoms. The van der Waals surface area contributed by atoms with E-state index in [9.17, 15) is 0 Å². The van der Waals surface area contributed by atoms with Crippen LogP contribution in [0, 0.1) is 0 Å². The van der Waals surface area contributed by atoms with Gasteiger partial charge in [-0.2, -0.15) is 0 Å². The predicted octanol–water partition coefficient (Wildman–Crippen LogP) is 13.8. The molecular weight excluding hydrogens is 729 g/mol. The molecule has 57 heavy (non-hydrogen) atoms. The molecule has 0 atom stereocenters. The van der Waals surface area contributed by atoms with Gasteiger partial charge in [0, 0.05) is 26.3 Å². The van der Waals surface area contributed by atoms with Crippen LogP contribution in [0.1, 0.15) is 10.4 Å². The van der Waals surface area contributed by atoms with Crippen LogP contribution in [-0.4, -0.2) is 13.1 Å². The molecule has 0 fully saturated rings. The molecule has 0 unspecified atom stereocenters. The first kappa shape index (κ1) is 36.7. The van der Waals surface area contributed by atoms with Gasteiger partial charge in [0.25, 0.3) is 0 Å². The van der Waals surface area contributed by atoms with Gasteiger partial charge in [-0.15, -0.1) is 0 Å². The van der Waals surface area contributed by atoms with Gasteiger partial charge in [-0.3, -0.25) is 0 Å². The van der Waals surface area contributed by atoms with E-state index in [-0.39, 0.29) is 22.8 Å². The molecule has 7 heteroatoms. The lowest BCUT2D eigenvalue weighted by Crippen LogP contribution is -2.15. The molecule has 0 spiro atoms. The van der Waals surface area contributed by atoms with Crippen LogP contribution in [0.25, 0.3) is 11.1 Å². The molecule has 0 N–H and O–H groups in total. The summed E-state index contributed by atoms with van der Waals surface area (Å²) in [5.41, 5.74) is 1.39. The second-order valence-corrected chi connectivity index (χ2v) is 15.5. The number of ether oxygens (including phenoxy) is 4. The third kappa shape index (κ3) is 7.96. The Morgan fingerprint density at radius 1 is 0.421 bits per heavy atom. The van der Waals surface area contributed by atoms with Crippen molar-refractivity contribution in [3.63, 3.8) is 0 Å². The van der Waals surface area contributed by atoms with E-state index in [1.165, 1.54) is 0 Å². The number of benzene rings is 8. The Balaban J connectivity index is 1.42. The lowest BCUT2D eigenvalue weighted by molar-refractivity contribution is 0.0757. The summed E-state index contributed by atoms with van der Waals surface area (Å²) in [5.74, 6) is 2.48. The van der Waals surface area contributed by atoms with Gasteiger partial charge < -0.3 is 23.1 Å². The van der Waals surface area contributed by atoms with Crippen LogP contribution in [0.2, 0.25) is 0 Å². The smallest absolute Gasteiger partial charge is 0.350 e. The van der Waals surface area contributed by atoms with E-state index in [1.807, 2.05) is 206 Å². The topological polar surface area (TPSA) is 63.2 Å². The zero-order valence-corrected chi connectivity index (χ0v) is 31.9. The van der Waals surface area contributed by atoms with Crippen molar-refractivity contribution in [3.8, 4) is 51.4 Å². The first-order valence-corrected chi connectivity index (χ1v) is 19.9. The number of para-hydroxylation sites is 3. The van der Waals surface area contributed by atoms with Crippen molar-refractivity contribution >= 4 is 16.3 Å². The molecule has 6 nitrogen and oxygen atoms in total. The Labute approximate surface area is 334 Å². The van der Waals surface area contributed by atoms with Crippen LogP contribution in [-0.2, 0) is 4.18 Å². The van der Waals surface area contributed by atoms with Gasteiger partial charge in [0.15, 0.2) is 11.5 Å². The highest BCUT2D eigenvalue weighted by Crippen LogP contribution is 2.70. The predicted molar refractivity (Wildman–Crippen MR) is 225 cm³/mol. The van der Waals surface area contributed by atoms with Gasteiger partial charge in [0.05, 0.1) is 12.7 Å². The molecule has 8 aromatic carbocycles. The average molecular weight is 767 g/mol. The van der Waals surface area contributed by atoms with Crippen LogP contribution in [0.4, 0.5) is 0 Å². The van der Waals surface area contributed by atoms with Crippen molar-refractivity contribution in [2.75, 3.05) is 7.11 Å². The zero-order chi connectivity index (χ0) is 38.9. The molecule has 0 radical (unpaired) electrons. The van der Waals surface area contributed by atoms with Crippen molar-refractivity contribution < 1.29 is 27.9 Å². The number of rotatable bonds is 13. The summed E-state index contributed by atoms with van der Waals surface area (Å²) >= 11 is 0. The first-order valence-electron chi connectivity index (χ1n) is 18.4. The summed E-state index contributed by atoms with van der Waals surface area (Å²) in [6.45, 7) is 0. The van der Waals surface area contributed by atoms with Crippen LogP contribution < -0.4 is 18.9 Å². The van der Waals surface area contributed by atoms with Crippen LogP contribution in [0.15, 0.2) is 227 Å². The molecule has 280 valence electrons. The Morgan fingerprint density at radius 2 is 0.842 bits per heavy atom. The van der Waals surface area contributed by atoms with Crippen LogP contribution >= 0.6 is 10.3 Å². The summed E-state index contributed by atoms with van der Waals surface area (Å²) in [5, 5.41) is 0. The largest absolute Gasteiger partial charge is 0.497 e. The molecule has 0 aliphatic carbocycles. The van der Waals surface area contributed by atoms with E-state index in [0.29, 0.717) is 34.1 Å². The van der Waals surface area contributed by atoms with Crippen molar-refractivity contribution in [2.45, 2.75) is 14.7 Å². The van der Waals surface area contributed by atoms with Gasteiger partial charge in [0.2, 0.25) is 5.75 Å². The third-order valence-electron chi connectivity index (χ3n) is 9.11. The van der Waals surface area contributed by atoms with Gasteiger partial charge in [-0.05, 0) is 94.7 Å². The fraction of sp³-hybridized carbons (Fsp3) is 0.0200. The van der Waals surface area contributed by atoms with Gasteiger partial charge in [0.1, 0.15) is 23.0 Å². The highest BCUT2D eigenvalue weighted by atomic mass is 32.3. The fourth-order valence-electron chi connectivity index (χ4n) is 6.48. The number of methoxy groups -OCH3 is 1. The van der Waals surface area contributed by atoms with Crippen molar-refractivity contribution in [1.82, 2.24) is 0 Å². The minimum atomic E-state index is -2.76. The second kappa shape index (κ2) is 17.1. The van der Waals surface area contributed by atoms with Crippen molar-refractivity contribution in [3.05, 3.63) is 218 Å². The van der Waals surface area contributed by atoms with Crippen LogP contribution in [0.3, 0.4) is 0 Å². The number of hydrogen-bond donors (Lipinski definition) is 0. The molecule has 0 aromatic heterocycles. The standard InChI is InChI=1S/C50H38O6S/c1-52-41-29-20-34-44(35-41)57(42-30-16-6-17-31-42,43-32-18-7-19-33-43)56-50(51)45-36-46(53-38-23-10-3-11-24-38)48(54-39-25-12-4-13-26-39)49(55-40-27-14-5-15-28-40)47(45)37-21-8-2-9-22-37/h2-36H,1H3. The van der Waals surface area contributed by atoms with E-state index in [4.69, 9.17) is 23.1 Å². The molecule has 0 saturated carbocycles. The van der Waals surface area contributed by atoms with Crippen molar-refractivity contribution in [2.24, 2.45) is 0 Å². The van der Waals surface area contributed by atoms with E-state index >= 15 is 4.79 Å². The summed E-state index contributed by atoms with van der Waals surface area (Å²) in [6.07, 6.45) is 0. The molecule has 0 aliphatic rings. The average Bonchev–Trinajstić information content (AvgIpc) is 3.28. The van der Waals surface area contributed by atoms with Gasteiger partial charge in [-0.25, -0.2) is 4.79 Å². The lowest BCUT2D eigenvalue weighted by atomic mass is 9.97. The van der Waals surface area contributed by atoms with Gasteiger partial charge >= 0.3 is 5.97 Å². The SMILES string of the molecule is COc1cccc(S(OC(=O)c2cc(Oc3ccccc3)c(Oc3ccccc3)c(Oc3ccccc3)c2-c2ccccc2)(c2ccccc2)c2ccccc2)c1. The molecular formula is C50H38O6S. The Bertz CT molecular complexity index is 2510. The summed E-state index contributed by atoms with van der Waals surface area (Å²) in [7, 11) is -1.13. The normalized spacial score (nSPS) is 11.2. The fourth-order valence-corrected chi connectivity index (χ4v) is 9.54. The molecule has 0 amide bonds. The monoisotopic (exact) mass is 766 g/mol. The maximum absolute atomic E-state index is 15.6. The maximum atomic E-state index is 15.6. The second-order valence-electron chi connectivity index (χ2n) is 12.8. The Hall–Kier alpha value is -7.22. The highest BCUT2D eigenvalue weighted by Gasteiger charge is 2.38. The maximum Gasteiger partial charge on any atom is 0.350 e. The third-order valence-corrected chi connectivity index (χ3v) is 12.3. The van der Waals surface area contributed by atoms with E-state index < -0.39 is 16.3 Å². The molecule has 0 aliphatic heterocycles. The van der Waals surface area contributed by atoms with E-state index in [1.54, 1.807) is 13.2 Å². The number of carbonyl (C=O) groups excluding carboxylic acids is 1. The lowest BCUT2D eigenvalue weighted by Gasteiger charge is -2.40. The first-order chi connectivity index (χ1) is 28.1. The zero-order valence-electron chi connectivity index (χ0n) is 31.1.